The first-order valence-electron chi connectivity index (χ1n) is 12.3. The molecule has 0 aromatic heterocycles. The van der Waals surface area contributed by atoms with Crippen molar-refractivity contribution in [3.8, 4) is 11.1 Å². The maximum atomic E-state index is 13.2. The van der Waals surface area contributed by atoms with Gasteiger partial charge in [-0.3, -0.25) is 9.59 Å². The number of esters is 1. The third kappa shape index (κ3) is 6.57. The maximum Gasteiger partial charge on any atom is 0.310 e. The molecule has 0 bridgehead atoms. The number of hydrogen-bond acceptors (Lipinski definition) is 6. The number of ether oxygens (including phenoxy) is 1. The molecule has 3 N–H and O–H groups in total. The first kappa shape index (κ1) is 24.7. The van der Waals surface area contributed by atoms with Gasteiger partial charge in [0.15, 0.2) is 0 Å². The molecule has 4 rings (SSSR count). The zero-order valence-corrected chi connectivity index (χ0v) is 20.2. The van der Waals surface area contributed by atoms with Crippen molar-refractivity contribution in [2.45, 2.75) is 51.6 Å². The fourth-order valence-electron chi connectivity index (χ4n) is 4.15. The molecule has 0 spiro atoms. The van der Waals surface area contributed by atoms with E-state index in [-0.39, 0.29) is 37.4 Å². The van der Waals surface area contributed by atoms with Crippen LogP contribution in [0.15, 0.2) is 53.0 Å². The van der Waals surface area contributed by atoms with Crippen molar-refractivity contribution >= 4 is 29.5 Å². The molecular formula is C28H33N3O4. The minimum atomic E-state index is -0.180. The number of rotatable bonds is 10. The van der Waals surface area contributed by atoms with Gasteiger partial charge >= 0.3 is 5.97 Å². The van der Waals surface area contributed by atoms with Gasteiger partial charge in [-0.25, -0.2) is 4.99 Å². The number of amides is 1. The second-order valence-electron chi connectivity index (χ2n) is 9.16. The Labute approximate surface area is 206 Å². The summed E-state index contributed by atoms with van der Waals surface area (Å²) in [6, 6.07) is 13.8. The van der Waals surface area contributed by atoms with Crippen LogP contribution in [0, 0.1) is 0 Å². The Morgan fingerprint density at radius 1 is 1.11 bits per heavy atom. The summed E-state index contributed by atoms with van der Waals surface area (Å²) in [4.78, 5) is 31.5. The van der Waals surface area contributed by atoms with Crippen LogP contribution in [0.5, 0.6) is 0 Å². The van der Waals surface area contributed by atoms with Gasteiger partial charge in [-0.15, -0.1) is 0 Å². The predicted molar refractivity (Wildman–Crippen MR) is 137 cm³/mol. The van der Waals surface area contributed by atoms with Gasteiger partial charge in [0, 0.05) is 37.3 Å². The van der Waals surface area contributed by atoms with Crippen LogP contribution in [0.1, 0.15) is 50.2 Å². The van der Waals surface area contributed by atoms with Crippen LogP contribution in [0.3, 0.4) is 0 Å². The van der Waals surface area contributed by atoms with Crippen LogP contribution >= 0.6 is 0 Å². The van der Waals surface area contributed by atoms with Crippen molar-refractivity contribution in [2.75, 3.05) is 19.7 Å². The number of aliphatic imine (C=N–C) groups is 1. The smallest absolute Gasteiger partial charge is 0.310 e. The normalized spacial score (nSPS) is 14.9. The van der Waals surface area contributed by atoms with Crippen molar-refractivity contribution in [2.24, 2.45) is 10.7 Å². The molecule has 1 saturated carbocycles. The molecule has 2 aliphatic rings. The maximum absolute atomic E-state index is 13.2. The highest BCUT2D eigenvalue weighted by Gasteiger charge is 2.26. The Morgan fingerprint density at radius 2 is 1.86 bits per heavy atom. The van der Waals surface area contributed by atoms with Crippen LogP contribution in [0.2, 0.25) is 0 Å². The lowest BCUT2D eigenvalue weighted by atomic mass is 9.99. The molecule has 0 saturated heterocycles. The van der Waals surface area contributed by atoms with E-state index in [4.69, 9.17) is 10.5 Å². The first-order valence-corrected chi connectivity index (χ1v) is 12.3. The number of aliphatic hydroxyl groups excluding tert-OH is 1. The van der Waals surface area contributed by atoms with E-state index in [1.807, 2.05) is 55.5 Å². The Hall–Kier alpha value is -3.45. The molecule has 184 valence electrons. The molecular weight excluding hydrogens is 442 g/mol. The number of aliphatic hydroxyl groups is 1. The van der Waals surface area contributed by atoms with E-state index in [0.717, 1.165) is 47.2 Å². The second kappa shape index (κ2) is 11.3. The van der Waals surface area contributed by atoms with Crippen molar-refractivity contribution in [1.82, 2.24) is 4.90 Å². The largest absolute Gasteiger partial charge is 0.462 e. The highest BCUT2D eigenvalue weighted by molar-refractivity contribution is 6.05. The van der Waals surface area contributed by atoms with Gasteiger partial charge < -0.3 is 20.5 Å². The number of hydrogen-bond donors (Lipinski definition) is 2. The monoisotopic (exact) mass is 475 g/mol. The standard InChI is InChI=1S/C28H33N3O4/c1-2-12-31(13-3-14-32)28(34)23-16-22-9-8-21(17-25(22)30-26(29)18-23)20-6-4-19(5-7-20)15-27(33)35-24-10-11-24/h4-9,16-17,24,32H,2-3,10-15,18H2,1H3,(H2,29,30). The number of nitrogens with two attached hydrogens (primary N) is 1. The molecule has 0 radical (unpaired) electrons. The summed E-state index contributed by atoms with van der Waals surface area (Å²) in [5, 5.41) is 9.19. The zero-order chi connectivity index (χ0) is 24.8. The summed E-state index contributed by atoms with van der Waals surface area (Å²) in [6.07, 6.45) is 5.89. The molecule has 0 unspecified atom stereocenters. The van der Waals surface area contributed by atoms with E-state index in [1.54, 1.807) is 4.90 Å². The van der Waals surface area contributed by atoms with Crippen LogP contribution < -0.4 is 5.73 Å². The Bertz CT molecular complexity index is 1130. The molecule has 1 heterocycles. The molecule has 1 amide bonds. The summed E-state index contributed by atoms with van der Waals surface area (Å²) in [5.74, 6) is 0.149. The van der Waals surface area contributed by atoms with E-state index in [2.05, 4.69) is 4.99 Å². The summed E-state index contributed by atoms with van der Waals surface area (Å²) < 4.78 is 5.33. The highest BCUT2D eigenvalue weighted by Crippen LogP contribution is 2.32. The van der Waals surface area contributed by atoms with Crippen molar-refractivity contribution in [3.63, 3.8) is 0 Å². The molecule has 2 aromatic rings. The third-order valence-corrected chi connectivity index (χ3v) is 6.10. The van der Waals surface area contributed by atoms with E-state index < -0.39 is 0 Å². The molecule has 7 heteroatoms. The summed E-state index contributed by atoms with van der Waals surface area (Å²) in [6.45, 7) is 3.22. The number of benzene rings is 2. The lowest BCUT2D eigenvalue weighted by Crippen LogP contribution is -2.35. The van der Waals surface area contributed by atoms with Crippen molar-refractivity contribution in [3.05, 3.63) is 59.2 Å². The van der Waals surface area contributed by atoms with Gasteiger partial charge in [-0.05, 0) is 54.5 Å². The fraction of sp³-hybridized carbons (Fsp3) is 0.393. The van der Waals surface area contributed by atoms with E-state index in [1.165, 1.54) is 0 Å². The zero-order valence-electron chi connectivity index (χ0n) is 20.2. The number of fused-ring (bicyclic) bond motifs is 1. The molecule has 2 aromatic carbocycles. The SMILES string of the molecule is CCCN(CCCO)C(=O)C1=Cc2ccc(-c3ccc(CC(=O)OC4CC4)cc3)cc2N=C(N)C1. The molecule has 0 atom stereocenters. The molecule has 7 nitrogen and oxygen atoms in total. The van der Waals surface area contributed by atoms with Crippen LogP contribution in [0.4, 0.5) is 5.69 Å². The molecule has 1 aliphatic heterocycles. The molecule has 35 heavy (non-hydrogen) atoms. The Kier molecular flexibility index (Phi) is 7.98. The van der Waals surface area contributed by atoms with Crippen LogP contribution in [-0.4, -0.2) is 53.5 Å². The molecule has 1 fully saturated rings. The van der Waals surface area contributed by atoms with Gasteiger partial charge in [0.25, 0.3) is 0 Å². The number of nitrogens with zero attached hydrogens (tertiary/aromatic N) is 2. The Morgan fingerprint density at radius 3 is 2.54 bits per heavy atom. The summed E-state index contributed by atoms with van der Waals surface area (Å²) >= 11 is 0. The van der Waals surface area contributed by atoms with Gasteiger partial charge in [0.05, 0.1) is 12.1 Å². The minimum absolute atomic E-state index is 0.0489. The topological polar surface area (TPSA) is 105 Å². The molecule has 1 aliphatic carbocycles. The third-order valence-electron chi connectivity index (χ3n) is 6.10. The van der Waals surface area contributed by atoms with E-state index in [0.29, 0.717) is 30.9 Å². The first-order chi connectivity index (χ1) is 17.0. The van der Waals surface area contributed by atoms with Gasteiger partial charge in [-0.1, -0.05) is 43.3 Å². The van der Waals surface area contributed by atoms with E-state index in [9.17, 15) is 14.7 Å². The number of carbonyl (C=O) groups excluding carboxylic acids is 2. The van der Waals surface area contributed by atoms with Crippen LogP contribution in [-0.2, 0) is 20.7 Å². The van der Waals surface area contributed by atoms with Gasteiger partial charge in [0.1, 0.15) is 11.9 Å². The quantitative estimate of drug-likeness (QED) is 0.506. The van der Waals surface area contributed by atoms with Gasteiger partial charge in [-0.2, -0.15) is 0 Å². The number of carbonyl (C=O) groups is 2. The average Bonchev–Trinajstić information content (AvgIpc) is 3.67. The predicted octanol–water partition coefficient (Wildman–Crippen LogP) is 4.00. The van der Waals surface area contributed by atoms with Gasteiger partial charge in [0.2, 0.25) is 5.91 Å². The summed E-state index contributed by atoms with van der Waals surface area (Å²) in [5.41, 5.74) is 11.3. The number of amidine groups is 1. The average molecular weight is 476 g/mol. The second-order valence-corrected chi connectivity index (χ2v) is 9.16. The highest BCUT2D eigenvalue weighted by atomic mass is 16.5. The van der Waals surface area contributed by atoms with Crippen molar-refractivity contribution in [1.29, 1.82) is 0 Å². The fourth-order valence-corrected chi connectivity index (χ4v) is 4.15. The lowest BCUT2D eigenvalue weighted by molar-refractivity contribution is -0.144. The Balaban J connectivity index is 1.52. The van der Waals surface area contributed by atoms with Crippen molar-refractivity contribution < 1.29 is 19.4 Å². The van der Waals surface area contributed by atoms with E-state index >= 15 is 0 Å². The lowest BCUT2D eigenvalue weighted by Gasteiger charge is -2.23. The van der Waals surface area contributed by atoms with Crippen LogP contribution in [0.25, 0.3) is 17.2 Å². The minimum Gasteiger partial charge on any atom is -0.462 e. The summed E-state index contributed by atoms with van der Waals surface area (Å²) in [7, 11) is 0.